The summed E-state index contributed by atoms with van der Waals surface area (Å²) in [6.07, 6.45) is 0. The van der Waals surface area contributed by atoms with Crippen LogP contribution in [0.25, 0.3) is 0 Å². The average molecular weight is 304 g/mol. The average Bonchev–Trinajstić information content (AvgIpc) is 1.90. The van der Waals surface area contributed by atoms with Crippen molar-refractivity contribution in [2.24, 2.45) is 0 Å². The topological polar surface area (TPSA) is 9.23 Å². The quantitative estimate of drug-likeness (QED) is 0.564. The van der Waals surface area contributed by atoms with E-state index in [4.69, 9.17) is 4.74 Å². The molecule has 0 atom stereocenters. The standard InChI is InChI=1S/C7H7O.Au/c1-8-7-5-3-2-4-6-7;/h3-6H,1H3;/q-1;+1. The molecule has 2 heteroatoms. The van der Waals surface area contributed by atoms with Gasteiger partial charge in [0.15, 0.2) is 0 Å². The third-order valence-electron chi connectivity index (χ3n) is 0.923. The molecule has 0 N–H and O–H groups in total. The second-order valence-electron chi connectivity index (χ2n) is 1.44. The summed E-state index contributed by atoms with van der Waals surface area (Å²) >= 11 is 0. The van der Waals surface area contributed by atoms with Gasteiger partial charge in [-0.05, 0) is 0 Å². The Labute approximate surface area is 70.5 Å². The first kappa shape index (κ1) is 8.76. The Bertz CT molecular complexity index is 150. The van der Waals surface area contributed by atoms with E-state index >= 15 is 0 Å². The molecule has 0 saturated heterocycles. The molecule has 1 aromatic carbocycles. The van der Waals surface area contributed by atoms with Crippen LogP contribution in [0.3, 0.4) is 0 Å². The molecule has 0 amide bonds. The minimum absolute atomic E-state index is 0. The molecule has 0 heterocycles. The fraction of sp³-hybridized carbons (Fsp3) is 0.143. The molecule has 1 aromatic rings. The van der Waals surface area contributed by atoms with Crippen molar-refractivity contribution >= 4 is 0 Å². The predicted octanol–water partition coefficient (Wildman–Crippen LogP) is 1.49. The zero-order valence-corrected chi connectivity index (χ0v) is 7.19. The van der Waals surface area contributed by atoms with Gasteiger partial charge in [-0.15, -0.1) is 12.1 Å². The Hall–Kier alpha value is -0.240. The molecular formula is C7H7AuO. The van der Waals surface area contributed by atoms with Crippen LogP contribution < -0.4 is 4.74 Å². The third kappa shape index (κ3) is 2.70. The first-order chi connectivity index (χ1) is 3.93. The van der Waals surface area contributed by atoms with Gasteiger partial charge in [0.25, 0.3) is 0 Å². The maximum absolute atomic E-state index is 4.89. The van der Waals surface area contributed by atoms with E-state index in [0.29, 0.717) is 0 Å². The van der Waals surface area contributed by atoms with Gasteiger partial charge in [0, 0.05) is 5.75 Å². The molecule has 0 fully saturated rings. The minimum Gasteiger partial charge on any atom is -0.522 e. The van der Waals surface area contributed by atoms with Gasteiger partial charge in [-0.3, -0.25) is 0 Å². The van der Waals surface area contributed by atoms with Crippen molar-refractivity contribution in [2.75, 3.05) is 7.11 Å². The summed E-state index contributed by atoms with van der Waals surface area (Å²) in [6.45, 7) is 0. The van der Waals surface area contributed by atoms with Crippen molar-refractivity contribution < 1.29 is 27.1 Å². The third-order valence-corrected chi connectivity index (χ3v) is 0.923. The Morgan fingerprint density at radius 2 is 1.89 bits per heavy atom. The van der Waals surface area contributed by atoms with Crippen molar-refractivity contribution in [3.63, 3.8) is 0 Å². The molecule has 0 aliphatic rings. The van der Waals surface area contributed by atoms with Gasteiger partial charge in [-0.2, -0.15) is 18.2 Å². The summed E-state index contributed by atoms with van der Waals surface area (Å²) in [4.78, 5) is 0. The second kappa shape index (κ2) is 4.62. The van der Waals surface area contributed by atoms with Crippen LogP contribution >= 0.6 is 0 Å². The van der Waals surface area contributed by atoms with Crippen molar-refractivity contribution in [3.8, 4) is 5.75 Å². The molecule has 0 unspecified atom stereocenters. The van der Waals surface area contributed by atoms with Gasteiger partial charge >= 0.3 is 22.4 Å². The Morgan fingerprint density at radius 1 is 1.33 bits per heavy atom. The number of ether oxygens (including phenoxy) is 1. The summed E-state index contributed by atoms with van der Waals surface area (Å²) in [5.74, 6) is 0.878. The van der Waals surface area contributed by atoms with Gasteiger partial charge in [-0.25, -0.2) is 0 Å². The van der Waals surface area contributed by atoms with Crippen molar-refractivity contribution in [2.45, 2.75) is 0 Å². The van der Waals surface area contributed by atoms with Crippen molar-refractivity contribution in [1.29, 1.82) is 0 Å². The molecule has 1 nitrogen and oxygen atoms in total. The second-order valence-corrected chi connectivity index (χ2v) is 1.44. The molecule has 0 radical (unpaired) electrons. The van der Waals surface area contributed by atoms with Crippen LogP contribution in [0, 0.1) is 6.07 Å². The van der Waals surface area contributed by atoms with E-state index in [1.54, 1.807) is 7.11 Å². The van der Waals surface area contributed by atoms with E-state index in [1.807, 2.05) is 24.3 Å². The zero-order valence-electron chi connectivity index (χ0n) is 5.02. The Balaban J connectivity index is 0.000000640. The van der Waals surface area contributed by atoms with Crippen LogP contribution in [0.5, 0.6) is 5.75 Å². The van der Waals surface area contributed by atoms with Crippen molar-refractivity contribution in [1.82, 2.24) is 0 Å². The van der Waals surface area contributed by atoms with Crippen LogP contribution in [0.15, 0.2) is 24.3 Å². The monoisotopic (exact) mass is 304 g/mol. The zero-order chi connectivity index (χ0) is 5.82. The molecule has 0 aromatic heterocycles. The Kier molecular flexibility index (Phi) is 4.50. The Morgan fingerprint density at radius 3 is 2.22 bits per heavy atom. The smallest absolute Gasteiger partial charge is 0.522 e. The summed E-state index contributed by atoms with van der Waals surface area (Å²) in [5.41, 5.74) is 0. The van der Waals surface area contributed by atoms with E-state index in [9.17, 15) is 0 Å². The maximum Gasteiger partial charge on any atom is 1.00 e. The van der Waals surface area contributed by atoms with Gasteiger partial charge in [0.1, 0.15) is 0 Å². The summed E-state index contributed by atoms with van der Waals surface area (Å²) < 4.78 is 4.89. The first-order valence-corrected chi connectivity index (χ1v) is 2.43. The van der Waals surface area contributed by atoms with Gasteiger partial charge in [0.05, 0.1) is 7.11 Å². The van der Waals surface area contributed by atoms with E-state index in [1.165, 1.54) is 0 Å². The van der Waals surface area contributed by atoms with Crippen molar-refractivity contribution in [3.05, 3.63) is 30.3 Å². The van der Waals surface area contributed by atoms with Crippen LogP contribution in [-0.2, 0) is 22.4 Å². The molecule has 0 aliphatic carbocycles. The summed E-state index contributed by atoms with van der Waals surface area (Å²) in [6, 6.07) is 10.2. The van der Waals surface area contributed by atoms with E-state index < -0.39 is 0 Å². The first-order valence-electron chi connectivity index (χ1n) is 2.43. The van der Waals surface area contributed by atoms with Gasteiger partial charge < -0.3 is 4.74 Å². The van der Waals surface area contributed by atoms with E-state index in [0.717, 1.165) is 5.75 Å². The van der Waals surface area contributed by atoms with Crippen LogP contribution in [0.2, 0.25) is 0 Å². The normalized spacial score (nSPS) is 7.67. The van der Waals surface area contributed by atoms with Crippen LogP contribution in [-0.4, -0.2) is 7.11 Å². The van der Waals surface area contributed by atoms with Crippen LogP contribution in [0.1, 0.15) is 0 Å². The number of rotatable bonds is 1. The molecule has 0 saturated carbocycles. The molecule has 1 rings (SSSR count). The molecule has 0 spiro atoms. The van der Waals surface area contributed by atoms with E-state index in [2.05, 4.69) is 6.07 Å². The molecule has 0 bridgehead atoms. The molecule has 9 heavy (non-hydrogen) atoms. The number of methoxy groups -OCH3 is 1. The largest absolute Gasteiger partial charge is 1.00 e. The van der Waals surface area contributed by atoms with Gasteiger partial charge in [0.2, 0.25) is 0 Å². The fourth-order valence-corrected chi connectivity index (χ4v) is 0.508. The number of hydrogen-bond acceptors (Lipinski definition) is 1. The van der Waals surface area contributed by atoms with Gasteiger partial charge in [-0.1, -0.05) is 0 Å². The van der Waals surface area contributed by atoms with Crippen LogP contribution in [0.4, 0.5) is 0 Å². The summed E-state index contributed by atoms with van der Waals surface area (Å²) in [5, 5.41) is 0. The predicted molar refractivity (Wildman–Crippen MR) is 31.8 cm³/mol. The number of hydrogen-bond donors (Lipinski definition) is 0. The fourth-order valence-electron chi connectivity index (χ4n) is 0.508. The molecular weight excluding hydrogens is 297 g/mol. The summed E-state index contributed by atoms with van der Waals surface area (Å²) in [7, 11) is 1.65. The molecule has 52 valence electrons. The maximum atomic E-state index is 4.89. The van der Waals surface area contributed by atoms with E-state index in [-0.39, 0.29) is 22.4 Å². The number of benzene rings is 1. The minimum atomic E-state index is 0. The SMILES string of the molecule is COc1cc[c-]cc1.[Au+]. The molecule has 0 aliphatic heterocycles.